The molecule has 7 heteroatoms. The van der Waals surface area contributed by atoms with E-state index in [0.29, 0.717) is 35.5 Å². The number of hydrogen-bond acceptors (Lipinski definition) is 6. The number of nitrogens with zero attached hydrogens (tertiary/aromatic N) is 3. The topological polar surface area (TPSA) is 76.6 Å². The lowest BCUT2D eigenvalue weighted by molar-refractivity contribution is 0.102. The number of nitrogens with one attached hydrogen (secondary N) is 1. The van der Waals surface area contributed by atoms with Gasteiger partial charge in [0.25, 0.3) is 5.91 Å². The summed E-state index contributed by atoms with van der Waals surface area (Å²) in [7, 11) is 1.63. The summed E-state index contributed by atoms with van der Waals surface area (Å²) in [5.41, 5.74) is 2.09. The monoisotopic (exact) mass is 388 g/mol. The Morgan fingerprint density at radius 3 is 2.55 bits per heavy atom. The van der Waals surface area contributed by atoms with Gasteiger partial charge in [-0.1, -0.05) is 0 Å². The van der Waals surface area contributed by atoms with Crippen molar-refractivity contribution in [3.05, 3.63) is 66.0 Å². The van der Waals surface area contributed by atoms with Crippen molar-refractivity contribution < 1.29 is 14.3 Å². The Labute approximate surface area is 168 Å². The first kappa shape index (κ1) is 17.5. The van der Waals surface area contributed by atoms with Gasteiger partial charge in [-0.25, -0.2) is 9.97 Å². The number of amides is 1. The highest BCUT2D eigenvalue weighted by Crippen LogP contribution is 2.43. The van der Waals surface area contributed by atoms with Gasteiger partial charge in [0.2, 0.25) is 0 Å². The largest absolute Gasteiger partial charge is 0.497 e. The van der Waals surface area contributed by atoms with E-state index in [-0.39, 0.29) is 5.91 Å². The third-order valence-electron chi connectivity index (χ3n) is 5.11. The minimum Gasteiger partial charge on any atom is -0.497 e. The maximum atomic E-state index is 12.9. The van der Waals surface area contributed by atoms with Crippen molar-refractivity contribution in [1.82, 2.24) is 9.97 Å². The molecule has 0 spiro atoms. The first-order chi connectivity index (χ1) is 14.2. The summed E-state index contributed by atoms with van der Waals surface area (Å²) >= 11 is 0. The van der Waals surface area contributed by atoms with Crippen LogP contribution in [0, 0.1) is 0 Å². The number of ether oxygens (including phenoxy) is 2. The van der Waals surface area contributed by atoms with Gasteiger partial charge in [0.15, 0.2) is 5.82 Å². The van der Waals surface area contributed by atoms with Gasteiger partial charge in [-0.15, -0.1) is 0 Å². The van der Waals surface area contributed by atoms with Crippen molar-refractivity contribution >= 4 is 23.2 Å². The van der Waals surface area contributed by atoms with Crippen LogP contribution >= 0.6 is 0 Å². The van der Waals surface area contributed by atoms with Gasteiger partial charge in [0.1, 0.15) is 23.9 Å². The van der Waals surface area contributed by atoms with Crippen molar-refractivity contribution in [3.8, 4) is 11.5 Å². The summed E-state index contributed by atoms with van der Waals surface area (Å²) in [5.74, 6) is 2.69. The highest BCUT2D eigenvalue weighted by molar-refractivity contribution is 6.11. The number of pyridine rings is 2. The van der Waals surface area contributed by atoms with Crippen LogP contribution in [0.25, 0.3) is 0 Å². The molecule has 3 heterocycles. The molecule has 0 unspecified atom stereocenters. The molecule has 3 aromatic rings. The molecule has 1 saturated carbocycles. The molecule has 7 nitrogen and oxygen atoms in total. The fourth-order valence-corrected chi connectivity index (χ4v) is 3.49. The zero-order valence-corrected chi connectivity index (χ0v) is 16.0. The van der Waals surface area contributed by atoms with Crippen LogP contribution in [0.4, 0.5) is 17.3 Å². The Bertz CT molecular complexity index is 1060. The summed E-state index contributed by atoms with van der Waals surface area (Å²) in [6.07, 6.45) is 5.57. The van der Waals surface area contributed by atoms with Crippen LogP contribution in [-0.4, -0.2) is 29.0 Å². The summed E-state index contributed by atoms with van der Waals surface area (Å²) < 4.78 is 11.1. The van der Waals surface area contributed by atoms with Crippen LogP contribution in [0.1, 0.15) is 28.8 Å². The van der Waals surface area contributed by atoms with Gasteiger partial charge in [-0.05, 0) is 55.3 Å². The van der Waals surface area contributed by atoms with Gasteiger partial charge >= 0.3 is 0 Å². The lowest BCUT2D eigenvalue weighted by atomic mass is 10.2. The Morgan fingerprint density at radius 1 is 1.03 bits per heavy atom. The van der Waals surface area contributed by atoms with Gasteiger partial charge in [-0.3, -0.25) is 4.79 Å². The molecule has 1 amide bonds. The Hall–Kier alpha value is -3.61. The van der Waals surface area contributed by atoms with E-state index in [1.54, 1.807) is 31.6 Å². The van der Waals surface area contributed by atoms with Crippen molar-refractivity contribution in [2.24, 2.45) is 0 Å². The van der Waals surface area contributed by atoms with Gasteiger partial charge < -0.3 is 19.7 Å². The lowest BCUT2D eigenvalue weighted by Crippen LogP contribution is -2.22. The van der Waals surface area contributed by atoms with Crippen molar-refractivity contribution in [2.75, 3.05) is 17.3 Å². The SMILES string of the molecule is COc1ccc(OCc2ccnc3c2NC(=O)c2cccnc2N3C2CC2)cc1. The highest BCUT2D eigenvalue weighted by atomic mass is 16.5. The number of carbonyl (C=O) groups excluding carboxylic acids is 1. The summed E-state index contributed by atoms with van der Waals surface area (Å²) in [5, 5.41) is 3.03. The third-order valence-corrected chi connectivity index (χ3v) is 5.11. The van der Waals surface area contributed by atoms with Crippen molar-refractivity contribution in [1.29, 1.82) is 0 Å². The summed E-state index contributed by atoms with van der Waals surface area (Å²) in [6.45, 7) is 0.305. The quantitative estimate of drug-likeness (QED) is 0.714. The standard InChI is InChI=1S/C22H20N4O3/c1-28-16-6-8-17(9-7-16)29-13-14-10-12-24-21-19(14)25-22(27)18-3-2-11-23-20(18)26(21)15-4-5-15/h2-3,6-12,15H,4-5,13H2,1H3,(H,25,27). The van der Waals surface area contributed by atoms with Crippen LogP contribution in [0.5, 0.6) is 11.5 Å². The number of benzene rings is 1. The molecular weight excluding hydrogens is 368 g/mol. The van der Waals surface area contributed by atoms with Gasteiger partial charge in [0.05, 0.1) is 18.4 Å². The third kappa shape index (κ3) is 3.24. The molecule has 146 valence electrons. The average molecular weight is 388 g/mol. The highest BCUT2D eigenvalue weighted by Gasteiger charge is 2.38. The molecule has 1 aromatic carbocycles. The Morgan fingerprint density at radius 2 is 1.79 bits per heavy atom. The number of anilines is 3. The number of rotatable bonds is 5. The van der Waals surface area contributed by atoms with Crippen LogP contribution in [0.2, 0.25) is 0 Å². The second-order valence-corrected chi connectivity index (χ2v) is 7.06. The number of fused-ring (bicyclic) bond motifs is 2. The van der Waals surface area contributed by atoms with E-state index in [0.717, 1.165) is 29.9 Å². The molecule has 0 atom stereocenters. The van der Waals surface area contributed by atoms with Crippen LogP contribution < -0.4 is 19.7 Å². The van der Waals surface area contributed by atoms with Crippen molar-refractivity contribution in [3.63, 3.8) is 0 Å². The molecule has 1 aliphatic heterocycles. The second-order valence-electron chi connectivity index (χ2n) is 7.06. The van der Waals surface area contributed by atoms with Crippen molar-refractivity contribution in [2.45, 2.75) is 25.5 Å². The Balaban J connectivity index is 1.50. The molecule has 0 saturated heterocycles. The molecule has 1 aliphatic carbocycles. The fourth-order valence-electron chi connectivity index (χ4n) is 3.49. The van der Waals surface area contributed by atoms with Crippen LogP contribution in [0.15, 0.2) is 54.9 Å². The fraction of sp³-hybridized carbons (Fsp3) is 0.227. The minimum atomic E-state index is -0.184. The average Bonchev–Trinajstić information content (AvgIpc) is 3.60. The number of hydrogen-bond donors (Lipinski definition) is 1. The second kappa shape index (κ2) is 7.09. The number of methoxy groups -OCH3 is 1. The zero-order valence-electron chi connectivity index (χ0n) is 16.0. The first-order valence-corrected chi connectivity index (χ1v) is 9.55. The summed E-state index contributed by atoms with van der Waals surface area (Å²) in [6, 6.07) is 13.2. The molecule has 1 N–H and O–H groups in total. The molecule has 2 aromatic heterocycles. The molecule has 5 rings (SSSR count). The van der Waals surface area contributed by atoms with E-state index in [4.69, 9.17) is 9.47 Å². The van der Waals surface area contributed by atoms with Gasteiger partial charge in [0, 0.05) is 24.0 Å². The summed E-state index contributed by atoms with van der Waals surface area (Å²) in [4.78, 5) is 24.1. The molecule has 0 radical (unpaired) electrons. The van der Waals surface area contributed by atoms with E-state index in [1.165, 1.54) is 0 Å². The molecule has 29 heavy (non-hydrogen) atoms. The van der Waals surface area contributed by atoms with Crippen LogP contribution in [0.3, 0.4) is 0 Å². The van der Waals surface area contributed by atoms with E-state index < -0.39 is 0 Å². The van der Waals surface area contributed by atoms with Gasteiger partial charge in [-0.2, -0.15) is 0 Å². The molecule has 1 fully saturated rings. The predicted molar refractivity (Wildman–Crippen MR) is 109 cm³/mol. The van der Waals surface area contributed by atoms with E-state index in [9.17, 15) is 4.79 Å². The predicted octanol–water partition coefficient (Wildman–Crippen LogP) is 3.93. The Kier molecular flexibility index (Phi) is 4.27. The lowest BCUT2D eigenvalue weighted by Gasteiger charge is -2.24. The normalized spacial score (nSPS) is 15.1. The van der Waals surface area contributed by atoms with E-state index >= 15 is 0 Å². The van der Waals surface area contributed by atoms with E-state index in [2.05, 4.69) is 20.2 Å². The maximum Gasteiger partial charge on any atom is 0.259 e. The maximum absolute atomic E-state index is 12.9. The number of carbonyl (C=O) groups is 1. The number of aromatic nitrogens is 2. The van der Waals surface area contributed by atoms with Crippen LogP contribution in [-0.2, 0) is 6.61 Å². The molecule has 0 bridgehead atoms. The van der Waals surface area contributed by atoms with E-state index in [1.807, 2.05) is 30.3 Å². The smallest absolute Gasteiger partial charge is 0.259 e. The molecule has 2 aliphatic rings. The zero-order chi connectivity index (χ0) is 19.8. The molecular formula is C22H20N4O3. The minimum absolute atomic E-state index is 0.184. The first-order valence-electron chi connectivity index (χ1n) is 9.55.